The molecule has 6 heteroatoms. The molecule has 0 radical (unpaired) electrons. The summed E-state index contributed by atoms with van der Waals surface area (Å²) in [4.78, 5) is 15.1. The molecule has 148 valence electrons. The lowest BCUT2D eigenvalue weighted by atomic mass is 9.94. The van der Waals surface area contributed by atoms with Crippen LogP contribution in [0.2, 0.25) is 0 Å². The monoisotopic (exact) mass is 374 g/mol. The number of aromatic nitrogens is 1. The quantitative estimate of drug-likeness (QED) is 0.645. The smallest absolute Gasteiger partial charge is 0.407 e. The summed E-state index contributed by atoms with van der Waals surface area (Å²) in [6, 6.07) is 5.79. The van der Waals surface area contributed by atoms with E-state index < -0.39 is 23.9 Å². The van der Waals surface area contributed by atoms with Gasteiger partial charge in [-0.1, -0.05) is 6.07 Å². The summed E-state index contributed by atoms with van der Waals surface area (Å²) in [6.45, 7) is 5.61. The van der Waals surface area contributed by atoms with Crippen LogP contribution in [0.5, 0.6) is 0 Å². The van der Waals surface area contributed by atoms with Crippen molar-refractivity contribution in [2.75, 3.05) is 6.54 Å². The lowest BCUT2D eigenvalue weighted by Crippen LogP contribution is -2.34. The van der Waals surface area contributed by atoms with E-state index in [1.807, 2.05) is 18.2 Å². The van der Waals surface area contributed by atoms with Gasteiger partial charge in [-0.25, -0.2) is 4.79 Å². The maximum absolute atomic E-state index is 11.7. The second-order valence-electron chi connectivity index (χ2n) is 8.32. The van der Waals surface area contributed by atoms with Gasteiger partial charge in [-0.3, -0.25) is 0 Å². The molecule has 1 amide bonds. The highest BCUT2D eigenvalue weighted by molar-refractivity contribution is 5.85. The number of carbonyl (C=O) groups excluding carboxylic acids is 1. The molecule has 2 unspecified atom stereocenters. The number of benzene rings is 1. The number of hydrogen-bond acceptors (Lipinski definition) is 4. The standard InChI is InChI=1S/C21H30N2O4/c1-21(2,3)27-20(26)22-11-10-18(24)19(25)13-8-9-17-15(12-13)14-6-4-5-7-16(14)23-17/h8-9,12,18-19,23-25H,4-7,10-11H2,1-3H3,(H,22,26). The molecule has 0 saturated carbocycles. The number of H-pyrrole nitrogens is 1. The molecule has 1 aliphatic rings. The molecule has 1 aromatic carbocycles. The number of ether oxygens (including phenoxy) is 1. The number of nitrogens with one attached hydrogen (secondary N) is 2. The molecule has 1 aliphatic carbocycles. The Hall–Kier alpha value is -2.05. The Morgan fingerprint density at radius 3 is 2.74 bits per heavy atom. The first-order valence-corrected chi connectivity index (χ1v) is 9.71. The third kappa shape index (κ3) is 4.82. The number of aryl methyl sites for hydroxylation is 2. The minimum Gasteiger partial charge on any atom is -0.444 e. The highest BCUT2D eigenvalue weighted by atomic mass is 16.6. The van der Waals surface area contributed by atoms with E-state index in [2.05, 4.69) is 10.3 Å². The van der Waals surface area contributed by atoms with Gasteiger partial charge in [-0.05, 0) is 76.1 Å². The Morgan fingerprint density at radius 2 is 2.00 bits per heavy atom. The maximum Gasteiger partial charge on any atom is 0.407 e. The largest absolute Gasteiger partial charge is 0.444 e. The number of alkyl carbamates (subject to hydrolysis) is 1. The molecule has 0 spiro atoms. The van der Waals surface area contributed by atoms with E-state index in [9.17, 15) is 15.0 Å². The van der Waals surface area contributed by atoms with Gasteiger partial charge in [0.2, 0.25) is 0 Å². The van der Waals surface area contributed by atoms with Gasteiger partial charge in [0.05, 0.1) is 6.10 Å². The van der Waals surface area contributed by atoms with Crippen LogP contribution in [-0.4, -0.2) is 39.5 Å². The van der Waals surface area contributed by atoms with Crippen LogP contribution in [0.15, 0.2) is 18.2 Å². The molecular formula is C21H30N2O4. The van der Waals surface area contributed by atoms with E-state index in [0.717, 1.165) is 23.7 Å². The fourth-order valence-corrected chi connectivity index (χ4v) is 3.62. The van der Waals surface area contributed by atoms with Crippen LogP contribution in [0.3, 0.4) is 0 Å². The summed E-state index contributed by atoms with van der Waals surface area (Å²) in [5.74, 6) is 0. The van der Waals surface area contributed by atoms with Gasteiger partial charge < -0.3 is 25.3 Å². The zero-order valence-corrected chi connectivity index (χ0v) is 16.3. The van der Waals surface area contributed by atoms with E-state index in [4.69, 9.17) is 4.74 Å². The van der Waals surface area contributed by atoms with E-state index in [1.165, 1.54) is 24.1 Å². The van der Waals surface area contributed by atoms with Crippen LogP contribution in [0.25, 0.3) is 10.9 Å². The zero-order chi connectivity index (χ0) is 19.6. The predicted molar refractivity (Wildman–Crippen MR) is 105 cm³/mol. The summed E-state index contributed by atoms with van der Waals surface area (Å²) in [6.07, 6.45) is 2.27. The minimum atomic E-state index is -0.996. The molecule has 2 aromatic rings. The van der Waals surface area contributed by atoms with Gasteiger partial charge >= 0.3 is 6.09 Å². The molecule has 0 fully saturated rings. The molecule has 27 heavy (non-hydrogen) atoms. The third-order valence-corrected chi connectivity index (χ3v) is 4.94. The second-order valence-corrected chi connectivity index (χ2v) is 8.32. The van der Waals surface area contributed by atoms with Gasteiger partial charge in [0.25, 0.3) is 0 Å². The fourth-order valence-electron chi connectivity index (χ4n) is 3.62. The van der Waals surface area contributed by atoms with E-state index in [-0.39, 0.29) is 13.0 Å². The van der Waals surface area contributed by atoms with Crippen LogP contribution in [0.1, 0.15) is 63.0 Å². The van der Waals surface area contributed by atoms with Crippen LogP contribution < -0.4 is 5.32 Å². The van der Waals surface area contributed by atoms with E-state index >= 15 is 0 Å². The van der Waals surface area contributed by atoms with Crippen molar-refractivity contribution in [3.63, 3.8) is 0 Å². The Bertz CT molecular complexity index is 806. The molecular weight excluding hydrogens is 344 g/mol. The number of amides is 1. The normalized spacial score (nSPS) is 16.6. The first kappa shape index (κ1) is 19.7. The van der Waals surface area contributed by atoms with Gasteiger partial charge in [-0.15, -0.1) is 0 Å². The first-order chi connectivity index (χ1) is 12.7. The number of aromatic amines is 1. The van der Waals surface area contributed by atoms with Crippen molar-refractivity contribution in [3.8, 4) is 0 Å². The molecule has 6 nitrogen and oxygen atoms in total. The van der Waals surface area contributed by atoms with Crippen molar-refractivity contribution in [3.05, 3.63) is 35.0 Å². The Kier molecular flexibility index (Phi) is 5.77. The molecule has 2 atom stereocenters. The Balaban J connectivity index is 1.61. The lowest BCUT2D eigenvalue weighted by molar-refractivity contribution is 0.0124. The topological polar surface area (TPSA) is 94.6 Å². The van der Waals surface area contributed by atoms with Crippen LogP contribution >= 0.6 is 0 Å². The molecule has 3 rings (SSSR count). The summed E-state index contributed by atoms with van der Waals surface area (Å²) in [7, 11) is 0. The van der Waals surface area contributed by atoms with Crippen molar-refractivity contribution in [1.82, 2.24) is 10.3 Å². The van der Waals surface area contributed by atoms with Gasteiger partial charge in [0.1, 0.15) is 11.7 Å². The van der Waals surface area contributed by atoms with Crippen molar-refractivity contribution >= 4 is 17.0 Å². The lowest BCUT2D eigenvalue weighted by Gasteiger charge is -2.21. The van der Waals surface area contributed by atoms with Crippen molar-refractivity contribution in [2.24, 2.45) is 0 Å². The second kappa shape index (κ2) is 7.90. The molecule has 1 heterocycles. The van der Waals surface area contributed by atoms with Crippen molar-refractivity contribution in [2.45, 2.75) is 70.7 Å². The van der Waals surface area contributed by atoms with Crippen molar-refractivity contribution < 1.29 is 19.7 Å². The SMILES string of the molecule is CC(C)(C)OC(=O)NCCC(O)C(O)c1ccc2[nH]c3c(c2c1)CCCC3. The minimum absolute atomic E-state index is 0.231. The van der Waals surface area contributed by atoms with Crippen LogP contribution in [0, 0.1) is 0 Å². The van der Waals surface area contributed by atoms with Gasteiger partial charge in [0, 0.05) is 23.1 Å². The first-order valence-electron chi connectivity index (χ1n) is 9.71. The molecule has 4 N–H and O–H groups in total. The molecule has 1 aromatic heterocycles. The molecule has 0 bridgehead atoms. The fraction of sp³-hybridized carbons (Fsp3) is 0.571. The third-order valence-electron chi connectivity index (χ3n) is 4.94. The number of aliphatic hydroxyl groups is 2. The summed E-state index contributed by atoms with van der Waals surface area (Å²) in [5.41, 5.74) is 3.85. The number of carbonyl (C=O) groups is 1. The highest BCUT2D eigenvalue weighted by Gasteiger charge is 2.22. The van der Waals surface area contributed by atoms with Crippen LogP contribution in [-0.2, 0) is 17.6 Å². The number of fused-ring (bicyclic) bond motifs is 3. The van der Waals surface area contributed by atoms with Crippen LogP contribution in [0.4, 0.5) is 4.79 Å². The Morgan fingerprint density at radius 1 is 1.26 bits per heavy atom. The average molecular weight is 374 g/mol. The molecule has 0 saturated heterocycles. The summed E-state index contributed by atoms with van der Waals surface area (Å²) >= 11 is 0. The zero-order valence-electron chi connectivity index (χ0n) is 16.3. The summed E-state index contributed by atoms with van der Waals surface area (Å²) < 4.78 is 5.16. The summed E-state index contributed by atoms with van der Waals surface area (Å²) in [5, 5.41) is 24.6. The number of rotatable bonds is 5. The Labute approximate surface area is 159 Å². The van der Waals surface area contributed by atoms with Gasteiger partial charge in [0.15, 0.2) is 0 Å². The van der Waals surface area contributed by atoms with Gasteiger partial charge in [-0.2, -0.15) is 0 Å². The number of aliphatic hydroxyl groups excluding tert-OH is 2. The number of hydrogen-bond donors (Lipinski definition) is 4. The average Bonchev–Trinajstić information content (AvgIpc) is 2.97. The van der Waals surface area contributed by atoms with E-state index in [0.29, 0.717) is 5.56 Å². The highest BCUT2D eigenvalue weighted by Crippen LogP contribution is 2.31. The predicted octanol–water partition coefficient (Wildman–Crippen LogP) is 3.36. The molecule has 0 aliphatic heterocycles. The maximum atomic E-state index is 11.7. The van der Waals surface area contributed by atoms with E-state index in [1.54, 1.807) is 20.8 Å². The van der Waals surface area contributed by atoms with Crippen molar-refractivity contribution in [1.29, 1.82) is 0 Å².